The molecule has 186 valence electrons. The van der Waals surface area contributed by atoms with Gasteiger partial charge in [0.05, 0.1) is 19.3 Å². The predicted octanol–water partition coefficient (Wildman–Crippen LogP) is 3.90. The lowest BCUT2D eigenvalue weighted by atomic mass is 9.94. The molecule has 4 rings (SSSR count). The van der Waals surface area contributed by atoms with E-state index in [9.17, 15) is 15.0 Å². The van der Waals surface area contributed by atoms with Gasteiger partial charge in [0.2, 0.25) is 0 Å². The van der Waals surface area contributed by atoms with Gasteiger partial charge in [-0.3, -0.25) is 9.89 Å². The monoisotopic (exact) mass is 498 g/mol. The van der Waals surface area contributed by atoms with Gasteiger partial charge in [-0.05, 0) is 18.1 Å². The van der Waals surface area contributed by atoms with Crippen LogP contribution in [-0.4, -0.2) is 68.8 Å². The van der Waals surface area contributed by atoms with Crippen LogP contribution in [0.15, 0.2) is 78.3 Å². The van der Waals surface area contributed by atoms with Crippen LogP contribution in [0.4, 0.5) is 4.79 Å². The van der Waals surface area contributed by atoms with Crippen molar-refractivity contribution in [3.8, 4) is 0 Å². The Morgan fingerprint density at radius 1 is 1.11 bits per heavy atom. The third kappa shape index (κ3) is 6.12. The molecule has 8 nitrogen and oxygen atoms in total. The molecule has 35 heavy (non-hydrogen) atoms. The van der Waals surface area contributed by atoms with Gasteiger partial charge in [0.1, 0.15) is 29.8 Å². The molecule has 1 unspecified atom stereocenters. The molecular weight excluding hydrogens is 468 g/mol. The fourth-order valence-corrected chi connectivity index (χ4v) is 5.36. The molecule has 2 aliphatic rings. The molecule has 9 heteroatoms. The van der Waals surface area contributed by atoms with Crippen LogP contribution in [0.1, 0.15) is 18.1 Å². The Hall–Kier alpha value is -2.69. The highest BCUT2D eigenvalue weighted by molar-refractivity contribution is 8.14. The molecule has 0 saturated carbocycles. The first-order valence-corrected chi connectivity index (χ1v) is 12.4. The normalized spacial score (nSPS) is 26.5. The number of ether oxygens (including phenoxy) is 3. The molecule has 0 aliphatic carbocycles. The van der Waals surface area contributed by atoms with E-state index in [0.29, 0.717) is 18.4 Å². The van der Waals surface area contributed by atoms with Crippen molar-refractivity contribution in [3.05, 3.63) is 84.4 Å². The Morgan fingerprint density at radius 3 is 2.20 bits per heavy atom. The van der Waals surface area contributed by atoms with Gasteiger partial charge < -0.3 is 24.4 Å². The first-order valence-electron chi connectivity index (χ1n) is 11.5. The standard InChI is InChI=1S/C26H30N2O6S/c1-3-14-28(26(30)31)25-27-20-22(32-15-18-10-6-4-7-11-18)23(21(17(2)29)34-24(20)35-25)33-16-19-12-8-5-9-13-19/h3-13,17,20-24,29H,1,14-16H2,2H3,(H,30,31)/t17?,20-,21-,22-,23-,24-/m1/s1. The van der Waals surface area contributed by atoms with E-state index in [0.717, 1.165) is 16.0 Å². The van der Waals surface area contributed by atoms with Gasteiger partial charge in [0, 0.05) is 6.54 Å². The van der Waals surface area contributed by atoms with Gasteiger partial charge in [-0.1, -0.05) is 78.5 Å². The number of fused-ring (bicyclic) bond motifs is 1. The van der Waals surface area contributed by atoms with Crippen LogP contribution >= 0.6 is 11.8 Å². The van der Waals surface area contributed by atoms with E-state index in [4.69, 9.17) is 19.2 Å². The van der Waals surface area contributed by atoms with Crippen molar-refractivity contribution in [2.24, 2.45) is 4.99 Å². The van der Waals surface area contributed by atoms with E-state index in [1.54, 1.807) is 6.92 Å². The molecule has 0 aromatic heterocycles. The number of carboxylic acid groups (broad SMARTS) is 1. The van der Waals surface area contributed by atoms with Crippen molar-refractivity contribution in [2.45, 2.75) is 56.0 Å². The number of benzene rings is 2. The van der Waals surface area contributed by atoms with E-state index in [2.05, 4.69) is 6.58 Å². The first kappa shape index (κ1) is 25.4. The minimum absolute atomic E-state index is 0.101. The Labute approximate surface area is 209 Å². The number of hydrogen-bond acceptors (Lipinski definition) is 7. The molecule has 0 radical (unpaired) electrons. The Morgan fingerprint density at radius 2 is 1.69 bits per heavy atom. The molecular formula is C26H30N2O6S. The van der Waals surface area contributed by atoms with E-state index < -0.39 is 42.0 Å². The maximum Gasteiger partial charge on any atom is 0.413 e. The van der Waals surface area contributed by atoms with E-state index in [1.807, 2.05) is 60.7 Å². The zero-order chi connectivity index (χ0) is 24.8. The number of amides is 1. The highest BCUT2D eigenvalue weighted by Crippen LogP contribution is 2.41. The maximum atomic E-state index is 11.8. The number of thioether (sulfide) groups is 1. The minimum Gasteiger partial charge on any atom is -0.465 e. The summed E-state index contributed by atoms with van der Waals surface area (Å²) in [5.74, 6) is 0. The van der Waals surface area contributed by atoms with Crippen LogP contribution in [0.25, 0.3) is 0 Å². The summed E-state index contributed by atoms with van der Waals surface area (Å²) in [6.45, 7) is 6.02. The van der Waals surface area contributed by atoms with Gasteiger partial charge in [-0.25, -0.2) is 4.79 Å². The molecule has 6 atom stereocenters. The number of aliphatic hydroxyl groups excluding tert-OH is 1. The van der Waals surface area contributed by atoms with Gasteiger partial charge in [0.15, 0.2) is 5.17 Å². The highest BCUT2D eigenvalue weighted by Gasteiger charge is 2.52. The van der Waals surface area contributed by atoms with Gasteiger partial charge in [-0.15, -0.1) is 6.58 Å². The number of aliphatic imine (C=N–C) groups is 1. The van der Waals surface area contributed by atoms with Crippen molar-refractivity contribution in [3.63, 3.8) is 0 Å². The van der Waals surface area contributed by atoms with E-state index in [1.165, 1.54) is 17.8 Å². The topological polar surface area (TPSA) is 101 Å². The average molecular weight is 499 g/mol. The lowest BCUT2D eigenvalue weighted by molar-refractivity contribution is -0.218. The van der Waals surface area contributed by atoms with Gasteiger partial charge in [0.25, 0.3) is 0 Å². The van der Waals surface area contributed by atoms with Crippen LogP contribution in [-0.2, 0) is 27.4 Å². The second-order valence-corrected chi connectivity index (χ2v) is 9.50. The molecule has 1 saturated heterocycles. The largest absolute Gasteiger partial charge is 0.465 e. The molecule has 2 aromatic carbocycles. The summed E-state index contributed by atoms with van der Waals surface area (Å²) in [4.78, 5) is 17.7. The lowest BCUT2D eigenvalue weighted by Crippen LogP contribution is -2.59. The maximum absolute atomic E-state index is 11.8. The van der Waals surface area contributed by atoms with E-state index in [-0.39, 0.29) is 6.54 Å². The summed E-state index contributed by atoms with van der Waals surface area (Å²) < 4.78 is 18.9. The van der Waals surface area contributed by atoms with Crippen molar-refractivity contribution < 1.29 is 29.2 Å². The number of rotatable bonds is 9. The van der Waals surface area contributed by atoms with Crippen LogP contribution < -0.4 is 0 Å². The first-order chi connectivity index (χ1) is 17.0. The predicted molar refractivity (Wildman–Crippen MR) is 134 cm³/mol. The molecule has 2 heterocycles. The molecule has 2 aliphatic heterocycles. The molecule has 2 aromatic rings. The number of carbonyl (C=O) groups is 1. The summed E-state index contributed by atoms with van der Waals surface area (Å²) in [5.41, 5.74) is 1.45. The van der Waals surface area contributed by atoms with Crippen LogP contribution in [0.5, 0.6) is 0 Å². The summed E-state index contributed by atoms with van der Waals surface area (Å²) in [6.07, 6.45) is -2.33. The second kappa shape index (κ2) is 11.8. The van der Waals surface area contributed by atoms with Crippen molar-refractivity contribution in [2.75, 3.05) is 6.54 Å². The summed E-state index contributed by atoms with van der Waals surface area (Å²) in [6, 6.07) is 19.0. The number of aliphatic hydroxyl groups is 1. The highest BCUT2D eigenvalue weighted by atomic mass is 32.2. The summed E-state index contributed by atoms with van der Waals surface area (Å²) >= 11 is 1.21. The van der Waals surface area contributed by atoms with Gasteiger partial charge in [-0.2, -0.15) is 0 Å². The van der Waals surface area contributed by atoms with Crippen molar-refractivity contribution in [1.82, 2.24) is 4.90 Å². The molecule has 1 fully saturated rings. The molecule has 2 N–H and O–H groups in total. The SMILES string of the molecule is C=CCN(C(=O)O)C1=N[C@@H]2[C@@H](OCc3ccccc3)[C@H](OCc3ccccc3)[C@@H](C(C)O)O[C@@H]2S1. The second-order valence-electron chi connectivity index (χ2n) is 8.43. The van der Waals surface area contributed by atoms with Gasteiger partial charge >= 0.3 is 6.09 Å². The molecule has 0 bridgehead atoms. The van der Waals surface area contributed by atoms with Crippen LogP contribution in [0, 0.1) is 0 Å². The summed E-state index contributed by atoms with van der Waals surface area (Å²) in [5, 5.41) is 20.6. The smallest absolute Gasteiger partial charge is 0.413 e. The van der Waals surface area contributed by atoms with E-state index >= 15 is 0 Å². The Kier molecular flexibility index (Phi) is 8.59. The van der Waals surface area contributed by atoms with Crippen molar-refractivity contribution >= 4 is 23.0 Å². The zero-order valence-electron chi connectivity index (χ0n) is 19.5. The minimum atomic E-state index is -1.12. The Balaban J connectivity index is 1.63. The third-order valence-corrected chi connectivity index (χ3v) is 7.01. The third-order valence-electron chi connectivity index (χ3n) is 5.85. The fourth-order valence-electron chi connectivity index (χ4n) is 4.15. The number of hydrogen-bond donors (Lipinski definition) is 2. The number of amidine groups is 1. The quantitative estimate of drug-likeness (QED) is 0.506. The zero-order valence-corrected chi connectivity index (χ0v) is 20.3. The van der Waals surface area contributed by atoms with Crippen LogP contribution in [0.2, 0.25) is 0 Å². The Bertz CT molecular complexity index is 1020. The summed E-state index contributed by atoms with van der Waals surface area (Å²) in [7, 11) is 0. The fraction of sp³-hybridized carbons (Fsp3) is 0.385. The van der Waals surface area contributed by atoms with Crippen molar-refractivity contribution in [1.29, 1.82) is 0 Å². The van der Waals surface area contributed by atoms with Crippen LogP contribution in [0.3, 0.4) is 0 Å². The lowest BCUT2D eigenvalue weighted by Gasteiger charge is -2.43. The number of nitrogens with zero attached hydrogens (tertiary/aromatic N) is 2. The molecule has 0 spiro atoms. The molecule has 1 amide bonds. The average Bonchev–Trinajstić information content (AvgIpc) is 3.29.